The van der Waals surface area contributed by atoms with Crippen LogP contribution in [0.4, 0.5) is 11.4 Å². The predicted molar refractivity (Wildman–Crippen MR) is 69.3 cm³/mol. The van der Waals surface area contributed by atoms with E-state index in [9.17, 15) is 14.4 Å². The smallest absolute Gasteiger partial charge is 0.262 e. The first-order valence-electron chi connectivity index (χ1n) is 5.80. The Morgan fingerprint density at radius 3 is 2.84 bits per heavy atom. The van der Waals surface area contributed by atoms with Crippen molar-refractivity contribution in [1.29, 1.82) is 0 Å². The number of nitrogens with one attached hydrogen (secondary N) is 1. The number of carbonyl (C=O) groups is 3. The number of benzene rings is 1. The van der Waals surface area contributed by atoms with Gasteiger partial charge in [0.15, 0.2) is 6.61 Å². The summed E-state index contributed by atoms with van der Waals surface area (Å²) in [6.07, 6.45) is -0.142. The van der Waals surface area contributed by atoms with Crippen molar-refractivity contribution in [3.63, 3.8) is 0 Å². The molecule has 2 rings (SSSR count). The van der Waals surface area contributed by atoms with E-state index in [1.807, 2.05) is 0 Å². The van der Waals surface area contributed by atoms with Crippen LogP contribution in [0.25, 0.3) is 0 Å². The second kappa shape index (κ2) is 5.09. The van der Waals surface area contributed by atoms with Gasteiger partial charge in [0.05, 0.1) is 12.1 Å². The summed E-state index contributed by atoms with van der Waals surface area (Å²) in [5, 5.41) is 2.67. The Labute approximate surface area is 110 Å². The number of nitrogens with zero attached hydrogens (tertiary/aromatic N) is 1. The third-order valence-electron chi connectivity index (χ3n) is 2.76. The van der Waals surface area contributed by atoms with Crippen molar-refractivity contribution in [1.82, 2.24) is 0 Å². The number of carbonyl (C=O) groups excluding carboxylic acids is 3. The van der Waals surface area contributed by atoms with Gasteiger partial charge >= 0.3 is 0 Å². The molecule has 2 amide bonds. The van der Waals surface area contributed by atoms with Gasteiger partial charge < -0.3 is 15.0 Å². The minimum Gasteiger partial charge on any atom is -0.482 e. The average Bonchev–Trinajstić information content (AvgIpc) is 2.36. The summed E-state index contributed by atoms with van der Waals surface area (Å²) in [4.78, 5) is 35.3. The standard InChI is InChI=1S/C13H14N2O4/c1-8(16)5-13(18)15(2)9-3-4-11-10(6-9)14-12(17)7-19-11/h3-4,6H,5,7H2,1-2H3,(H,14,17). The molecule has 0 fully saturated rings. The summed E-state index contributed by atoms with van der Waals surface area (Å²) < 4.78 is 5.23. The molecule has 1 aliphatic heterocycles. The lowest BCUT2D eigenvalue weighted by molar-refractivity contribution is -0.125. The van der Waals surface area contributed by atoms with E-state index in [0.29, 0.717) is 17.1 Å². The van der Waals surface area contributed by atoms with Gasteiger partial charge in [0, 0.05) is 12.7 Å². The van der Waals surface area contributed by atoms with Crippen molar-refractivity contribution in [3.05, 3.63) is 18.2 Å². The Morgan fingerprint density at radius 1 is 1.42 bits per heavy atom. The van der Waals surface area contributed by atoms with Gasteiger partial charge in [0.1, 0.15) is 11.5 Å². The van der Waals surface area contributed by atoms with Crippen LogP contribution in [0.3, 0.4) is 0 Å². The molecule has 0 atom stereocenters. The van der Waals surface area contributed by atoms with Crippen LogP contribution in [0, 0.1) is 0 Å². The van der Waals surface area contributed by atoms with Crippen molar-refractivity contribution in [2.45, 2.75) is 13.3 Å². The van der Waals surface area contributed by atoms with E-state index in [0.717, 1.165) is 0 Å². The topological polar surface area (TPSA) is 75.7 Å². The number of Topliss-reactive ketones (excluding diaryl/α,β-unsaturated/α-hetero) is 1. The van der Waals surface area contributed by atoms with Crippen molar-refractivity contribution >= 4 is 29.0 Å². The lowest BCUT2D eigenvalue weighted by Gasteiger charge is -2.22. The Bertz CT molecular complexity index is 554. The normalized spacial score (nSPS) is 13.1. The number of rotatable bonds is 3. The highest BCUT2D eigenvalue weighted by atomic mass is 16.5. The second-order valence-electron chi connectivity index (χ2n) is 4.35. The highest BCUT2D eigenvalue weighted by molar-refractivity contribution is 6.05. The maximum atomic E-state index is 11.8. The first-order valence-corrected chi connectivity index (χ1v) is 5.80. The highest BCUT2D eigenvalue weighted by Crippen LogP contribution is 2.31. The second-order valence-corrected chi connectivity index (χ2v) is 4.35. The zero-order valence-corrected chi connectivity index (χ0v) is 10.7. The van der Waals surface area contributed by atoms with E-state index in [2.05, 4.69) is 5.32 Å². The fraction of sp³-hybridized carbons (Fsp3) is 0.308. The molecule has 0 bridgehead atoms. The highest BCUT2D eigenvalue weighted by Gasteiger charge is 2.19. The van der Waals surface area contributed by atoms with E-state index in [4.69, 9.17) is 4.74 Å². The van der Waals surface area contributed by atoms with Crippen LogP contribution >= 0.6 is 0 Å². The third-order valence-corrected chi connectivity index (χ3v) is 2.76. The molecule has 6 nitrogen and oxygen atoms in total. The van der Waals surface area contributed by atoms with E-state index in [-0.39, 0.29) is 30.6 Å². The zero-order chi connectivity index (χ0) is 14.0. The van der Waals surface area contributed by atoms with Gasteiger partial charge in [0.25, 0.3) is 5.91 Å². The third kappa shape index (κ3) is 2.90. The first kappa shape index (κ1) is 13.1. The van der Waals surface area contributed by atoms with Crippen LogP contribution in [0.2, 0.25) is 0 Å². The summed E-state index contributed by atoms with van der Waals surface area (Å²) in [5.41, 5.74) is 1.12. The largest absolute Gasteiger partial charge is 0.482 e. The molecule has 0 aromatic heterocycles. The summed E-state index contributed by atoms with van der Waals surface area (Å²) in [5.74, 6) is -0.153. The minimum atomic E-state index is -0.296. The molecule has 1 aromatic rings. The molecule has 6 heteroatoms. The number of anilines is 2. The van der Waals surface area contributed by atoms with Gasteiger partial charge in [-0.1, -0.05) is 0 Å². The lowest BCUT2D eigenvalue weighted by Crippen LogP contribution is -2.29. The van der Waals surface area contributed by atoms with E-state index in [1.54, 1.807) is 25.2 Å². The van der Waals surface area contributed by atoms with E-state index in [1.165, 1.54) is 11.8 Å². The number of hydrogen-bond acceptors (Lipinski definition) is 4. The molecule has 1 N–H and O–H groups in total. The van der Waals surface area contributed by atoms with Crippen LogP contribution in [-0.4, -0.2) is 31.3 Å². The molecule has 0 saturated carbocycles. The molecule has 0 saturated heterocycles. The summed E-state index contributed by atoms with van der Waals surface area (Å²) >= 11 is 0. The lowest BCUT2D eigenvalue weighted by atomic mass is 10.2. The van der Waals surface area contributed by atoms with Crippen LogP contribution in [0.15, 0.2) is 18.2 Å². The van der Waals surface area contributed by atoms with E-state index < -0.39 is 0 Å². The van der Waals surface area contributed by atoms with Crippen LogP contribution in [-0.2, 0) is 14.4 Å². The molecule has 100 valence electrons. The summed E-state index contributed by atoms with van der Waals surface area (Å²) in [7, 11) is 1.58. The molecule has 19 heavy (non-hydrogen) atoms. The molecular weight excluding hydrogens is 248 g/mol. The van der Waals surface area contributed by atoms with Gasteiger partial charge in [-0.05, 0) is 25.1 Å². The molecular formula is C13H14N2O4. The average molecular weight is 262 g/mol. The Kier molecular flexibility index (Phi) is 3.50. The quantitative estimate of drug-likeness (QED) is 0.823. The SMILES string of the molecule is CC(=O)CC(=O)N(C)c1ccc2c(c1)NC(=O)CO2. The Hall–Kier alpha value is -2.37. The maximum Gasteiger partial charge on any atom is 0.262 e. The molecule has 1 aliphatic rings. The molecule has 0 spiro atoms. The Morgan fingerprint density at radius 2 is 2.16 bits per heavy atom. The fourth-order valence-corrected chi connectivity index (χ4v) is 1.76. The van der Waals surface area contributed by atoms with Crippen molar-refractivity contribution in [2.24, 2.45) is 0 Å². The molecule has 1 heterocycles. The molecule has 0 unspecified atom stereocenters. The number of fused-ring (bicyclic) bond motifs is 1. The summed E-state index contributed by atoms with van der Waals surface area (Å²) in [6.45, 7) is 1.36. The number of hydrogen-bond donors (Lipinski definition) is 1. The van der Waals surface area contributed by atoms with Gasteiger partial charge in [-0.15, -0.1) is 0 Å². The molecule has 0 aliphatic carbocycles. The van der Waals surface area contributed by atoms with Crippen molar-refractivity contribution in [2.75, 3.05) is 23.9 Å². The monoisotopic (exact) mass is 262 g/mol. The maximum absolute atomic E-state index is 11.8. The van der Waals surface area contributed by atoms with Gasteiger partial charge in [-0.2, -0.15) is 0 Å². The number of ketones is 1. The minimum absolute atomic E-state index is 0.00848. The number of amides is 2. The predicted octanol–water partition coefficient (Wildman–Crippen LogP) is 0.959. The molecule has 1 aromatic carbocycles. The van der Waals surface area contributed by atoms with Crippen LogP contribution in [0.1, 0.15) is 13.3 Å². The van der Waals surface area contributed by atoms with Crippen LogP contribution < -0.4 is 15.0 Å². The van der Waals surface area contributed by atoms with Gasteiger partial charge in [0.2, 0.25) is 5.91 Å². The van der Waals surface area contributed by atoms with Crippen LogP contribution in [0.5, 0.6) is 5.75 Å². The van der Waals surface area contributed by atoms with Gasteiger partial charge in [-0.25, -0.2) is 0 Å². The fourth-order valence-electron chi connectivity index (χ4n) is 1.76. The summed E-state index contributed by atoms with van der Waals surface area (Å²) in [6, 6.07) is 5.03. The molecule has 0 radical (unpaired) electrons. The van der Waals surface area contributed by atoms with E-state index >= 15 is 0 Å². The zero-order valence-electron chi connectivity index (χ0n) is 10.7. The Balaban J connectivity index is 2.21. The van der Waals surface area contributed by atoms with Crippen molar-refractivity contribution < 1.29 is 19.1 Å². The van der Waals surface area contributed by atoms with Gasteiger partial charge in [-0.3, -0.25) is 14.4 Å². The first-order chi connectivity index (χ1) is 8.97. The number of ether oxygens (including phenoxy) is 1. The van der Waals surface area contributed by atoms with Crippen molar-refractivity contribution in [3.8, 4) is 5.75 Å².